The molecule has 2 rings (SSSR count). The fourth-order valence-corrected chi connectivity index (χ4v) is 2.18. The van der Waals surface area contributed by atoms with Gasteiger partial charge in [-0.1, -0.05) is 12.1 Å². The summed E-state index contributed by atoms with van der Waals surface area (Å²) in [6.07, 6.45) is 1.17. The topological polar surface area (TPSA) is 86.2 Å². The van der Waals surface area contributed by atoms with Crippen molar-refractivity contribution in [2.75, 3.05) is 12.0 Å². The second kappa shape index (κ2) is 3.89. The molecule has 0 aliphatic heterocycles. The van der Waals surface area contributed by atoms with Crippen molar-refractivity contribution < 1.29 is 12.8 Å². The SMILES string of the molecule is Cc1oc(N)nc1-c1ccc(S(C)(=O)=O)cc1. The van der Waals surface area contributed by atoms with E-state index in [9.17, 15) is 8.42 Å². The van der Waals surface area contributed by atoms with Crippen LogP contribution in [0.3, 0.4) is 0 Å². The summed E-state index contributed by atoms with van der Waals surface area (Å²) >= 11 is 0. The summed E-state index contributed by atoms with van der Waals surface area (Å²) < 4.78 is 27.7. The van der Waals surface area contributed by atoms with Crippen molar-refractivity contribution >= 4 is 15.9 Å². The predicted octanol–water partition coefficient (Wildman–Crippen LogP) is 1.64. The second-order valence-electron chi connectivity index (χ2n) is 3.75. The van der Waals surface area contributed by atoms with Crippen LogP contribution in [0.2, 0.25) is 0 Å². The molecule has 0 saturated carbocycles. The highest BCUT2D eigenvalue weighted by Crippen LogP contribution is 2.25. The van der Waals surface area contributed by atoms with E-state index in [4.69, 9.17) is 10.2 Å². The van der Waals surface area contributed by atoms with E-state index in [1.807, 2.05) is 0 Å². The number of oxazole rings is 1. The molecule has 0 radical (unpaired) electrons. The summed E-state index contributed by atoms with van der Waals surface area (Å²) in [4.78, 5) is 4.31. The summed E-state index contributed by atoms with van der Waals surface area (Å²) in [5.41, 5.74) is 6.84. The van der Waals surface area contributed by atoms with E-state index in [2.05, 4.69) is 4.98 Å². The third-order valence-electron chi connectivity index (χ3n) is 2.37. The first-order valence-electron chi connectivity index (χ1n) is 4.91. The Morgan fingerprint density at radius 2 is 1.82 bits per heavy atom. The van der Waals surface area contributed by atoms with Crippen LogP contribution in [0.4, 0.5) is 6.01 Å². The third-order valence-corrected chi connectivity index (χ3v) is 3.50. The molecule has 0 amide bonds. The molecule has 1 heterocycles. The van der Waals surface area contributed by atoms with Crippen LogP contribution in [0.25, 0.3) is 11.3 Å². The lowest BCUT2D eigenvalue weighted by atomic mass is 10.1. The molecule has 1 aromatic heterocycles. The zero-order chi connectivity index (χ0) is 12.6. The highest BCUT2D eigenvalue weighted by molar-refractivity contribution is 7.90. The quantitative estimate of drug-likeness (QED) is 0.878. The molecule has 0 aliphatic rings. The van der Waals surface area contributed by atoms with Crippen LogP contribution in [0.5, 0.6) is 0 Å². The molecule has 5 nitrogen and oxygen atoms in total. The number of sulfone groups is 1. The van der Waals surface area contributed by atoms with E-state index in [0.717, 1.165) is 5.56 Å². The van der Waals surface area contributed by atoms with Crippen LogP contribution >= 0.6 is 0 Å². The maximum atomic E-state index is 11.3. The van der Waals surface area contributed by atoms with Gasteiger partial charge in [0.1, 0.15) is 11.5 Å². The number of hydrogen-bond donors (Lipinski definition) is 1. The standard InChI is InChI=1S/C11H12N2O3S/c1-7-10(13-11(12)16-7)8-3-5-9(6-4-8)17(2,14)15/h3-6H,1-2H3,(H2,12,13). The summed E-state index contributed by atoms with van der Waals surface area (Å²) in [5.74, 6) is 0.606. The van der Waals surface area contributed by atoms with E-state index < -0.39 is 9.84 Å². The van der Waals surface area contributed by atoms with E-state index >= 15 is 0 Å². The second-order valence-corrected chi connectivity index (χ2v) is 5.77. The highest BCUT2D eigenvalue weighted by atomic mass is 32.2. The van der Waals surface area contributed by atoms with Gasteiger partial charge in [0.25, 0.3) is 6.01 Å². The van der Waals surface area contributed by atoms with Gasteiger partial charge in [-0.05, 0) is 19.1 Å². The lowest BCUT2D eigenvalue weighted by molar-refractivity contribution is 0.549. The van der Waals surface area contributed by atoms with Gasteiger partial charge in [0.2, 0.25) is 0 Å². The first-order chi connectivity index (χ1) is 7.88. The van der Waals surface area contributed by atoms with Gasteiger partial charge in [-0.3, -0.25) is 0 Å². The fraction of sp³-hybridized carbons (Fsp3) is 0.182. The van der Waals surface area contributed by atoms with Crippen molar-refractivity contribution in [1.29, 1.82) is 0 Å². The molecule has 0 spiro atoms. The summed E-state index contributed by atoms with van der Waals surface area (Å²) in [5, 5.41) is 0. The third kappa shape index (κ3) is 2.31. The average Bonchev–Trinajstić information content (AvgIpc) is 2.57. The van der Waals surface area contributed by atoms with Gasteiger partial charge >= 0.3 is 0 Å². The Balaban J connectivity index is 2.46. The van der Waals surface area contributed by atoms with Crippen molar-refractivity contribution in [1.82, 2.24) is 4.98 Å². The zero-order valence-corrected chi connectivity index (χ0v) is 10.3. The first-order valence-corrected chi connectivity index (χ1v) is 6.80. The van der Waals surface area contributed by atoms with Gasteiger partial charge in [0, 0.05) is 11.8 Å². The van der Waals surface area contributed by atoms with Crippen LogP contribution in [0.15, 0.2) is 33.6 Å². The van der Waals surface area contributed by atoms with Crippen molar-refractivity contribution in [3.63, 3.8) is 0 Å². The number of anilines is 1. The maximum absolute atomic E-state index is 11.3. The van der Waals surface area contributed by atoms with Gasteiger partial charge in [0.15, 0.2) is 9.84 Å². The van der Waals surface area contributed by atoms with E-state index in [1.54, 1.807) is 19.1 Å². The summed E-state index contributed by atoms with van der Waals surface area (Å²) in [6.45, 7) is 1.75. The Labute approximate surface area is 99.2 Å². The molecule has 90 valence electrons. The Bertz CT molecular complexity index is 642. The average molecular weight is 252 g/mol. The summed E-state index contributed by atoms with van der Waals surface area (Å²) in [7, 11) is -3.18. The van der Waals surface area contributed by atoms with Crippen molar-refractivity contribution in [2.24, 2.45) is 0 Å². The smallest absolute Gasteiger partial charge is 0.292 e. The molecule has 0 atom stereocenters. The minimum Gasteiger partial charge on any atom is -0.429 e. The number of rotatable bonds is 2. The van der Waals surface area contributed by atoms with E-state index in [1.165, 1.54) is 18.4 Å². The molecule has 17 heavy (non-hydrogen) atoms. The number of nitrogen functional groups attached to an aromatic ring is 1. The maximum Gasteiger partial charge on any atom is 0.292 e. The Hall–Kier alpha value is -1.82. The van der Waals surface area contributed by atoms with Crippen molar-refractivity contribution in [2.45, 2.75) is 11.8 Å². The summed E-state index contributed by atoms with van der Waals surface area (Å²) in [6, 6.07) is 6.54. The molecular formula is C11H12N2O3S. The number of nitrogens with zero attached hydrogens (tertiary/aromatic N) is 1. The minimum atomic E-state index is -3.18. The van der Waals surface area contributed by atoms with Crippen molar-refractivity contribution in [3.8, 4) is 11.3 Å². The van der Waals surface area contributed by atoms with Crippen LogP contribution in [-0.2, 0) is 9.84 Å². The van der Waals surface area contributed by atoms with E-state index in [0.29, 0.717) is 11.5 Å². The fourth-order valence-electron chi connectivity index (χ4n) is 1.54. The number of hydrogen-bond acceptors (Lipinski definition) is 5. The van der Waals surface area contributed by atoms with Crippen LogP contribution < -0.4 is 5.73 Å². The van der Waals surface area contributed by atoms with Crippen LogP contribution in [-0.4, -0.2) is 19.7 Å². The Kier molecular flexibility index (Phi) is 2.66. The van der Waals surface area contributed by atoms with Gasteiger partial charge in [-0.15, -0.1) is 0 Å². The molecule has 6 heteroatoms. The Morgan fingerprint density at radius 3 is 2.24 bits per heavy atom. The number of nitrogens with two attached hydrogens (primary N) is 1. The zero-order valence-electron chi connectivity index (χ0n) is 9.47. The lowest BCUT2D eigenvalue weighted by Crippen LogP contribution is -1.96. The molecular weight excluding hydrogens is 240 g/mol. The van der Waals surface area contributed by atoms with Crippen molar-refractivity contribution in [3.05, 3.63) is 30.0 Å². The molecule has 2 N–H and O–H groups in total. The molecule has 2 aromatic rings. The largest absolute Gasteiger partial charge is 0.429 e. The monoisotopic (exact) mass is 252 g/mol. The molecule has 0 saturated heterocycles. The van der Waals surface area contributed by atoms with Crippen LogP contribution in [0, 0.1) is 6.92 Å². The van der Waals surface area contributed by atoms with Gasteiger partial charge < -0.3 is 10.2 Å². The van der Waals surface area contributed by atoms with Crippen LogP contribution in [0.1, 0.15) is 5.76 Å². The molecule has 0 unspecified atom stereocenters. The molecule has 0 fully saturated rings. The van der Waals surface area contributed by atoms with Gasteiger partial charge in [0.05, 0.1) is 4.90 Å². The first kappa shape index (κ1) is 11.7. The number of benzene rings is 1. The number of aromatic nitrogens is 1. The van der Waals surface area contributed by atoms with Gasteiger partial charge in [-0.2, -0.15) is 4.98 Å². The number of aryl methyl sites for hydroxylation is 1. The minimum absolute atomic E-state index is 0.102. The van der Waals surface area contributed by atoms with Gasteiger partial charge in [-0.25, -0.2) is 8.42 Å². The normalized spacial score (nSPS) is 11.6. The lowest BCUT2D eigenvalue weighted by Gasteiger charge is -2.00. The molecule has 0 bridgehead atoms. The Morgan fingerprint density at radius 1 is 1.24 bits per heavy atom. The molecule has 0 aliphatic carbocycles. The highest BCUT2D eigenvalue weighted by Gasteiger charge is 2.11. The molecule has 1 aromatic carbocycles. The predicted molar refractivity (Wildman–Crippen MR) is 64.2 cm³/mol. The van der Waals surface area contributed by atoms with E-state index in [-0.39, 0.29) is 10.9 Å².